The third-order valence-electron chi connectivity index (χ3n) is 12.6. The molecule has 0 spiro atoms. The lowest BCUT2D eigenvalue weighted by molar-refractivity contribution is -0.161. The molecule has 20 nitrogen and oxygen atoms in total. The van der Waals surface area contributed by atoms with Crippen molar-refractivity contribution in [3.8, 4) is 23.0 Å². The Morgan fingerprint density at radius 1 is 0.447 bits per heavy atom. The fourth-order valence-electron chi connectivity index (χ4n) is 8.52. The number of methoxy groups -OCH3 is 2. The predicted molar refractivity (Wildman–Crippen MR) is 271 cm³/mol. The second-order valence-corrected chi connectivity index (χ2v) is 17.8. The fourth-order valence-corrected chi connectivity index (χ4v) is 8.52. The lowest BCUT2D eigenvalue weighted by Gasteiger charge is -2.27. The van der Waals surface area contributed by atoms with Crippen molar-refractivity contribution in [2.75, 3.05) is 27.4 Å². The molecule has 2 unspecified atom stereocenters. The molecule has 0 N–H and O–H groups in total. The molecule has 3 aliphatic carbocycles. The number of hydrogen-bond donors (Lipinski definition) is 0. The summed E-state index contributed by atoms with van der Waals surface area (Å²) < 4.78 is 52.9. The van der Waals surface area contributed by atoms with E-state index < -0.39 is 107 Å². The van der Waals surface area contributed by atoms with Gasteiger partial charge in [-0.1, -0.05) is 40.9 Å². The van der Waals surface area contributed by atoms with Gasteiger partial charge in [0, 0.05) is 12.2 Å². The van der Waals surface area contributed by atoms with Crippen LogP contribution in [0.4, 0.5) is 0 Å². The van der Waals surface area contributed by atoms with Crippen molar-refractivity contribution >= 4 is 59.7 Å². The average Bonchev–Trinajstić information content (AvgIpc) is 3.45. The van der Waals surface area contributed by atoms with Crippen LogP contribution in [0, 0.1) is 35.5 Å². The van der Waals surface area contributed by atoms with Gasteiger partial charge in [-0.15, -0.1) is 0 Å². The first-order valence-corrected chi connectivity index (χ1v) is 25.7. The van der Waals surface area contributed by atoms with Crippen molar-refractivity contribution in [3.05, 3.63) is 72.8 Å². The molecule has 20 heteroatoms. The quantitative estimate of drug-likeness (QED) is 0.0521. The first-order chi connectivity index (χ1) is 36.4. The van der Waals surface area contributed by atoms with E-state index in [4.69, 9.17) is 47.4 Å². The van der Waals surface area contributed by atoms with Gasteiger partial charge < -0.3 is 47.4 Å². The van der Waals surface area contributed by atoms with E-state index in [0.29, 0.717) is 51.4 Å². The van der Waals surface area contributed by atoms with Crippen molar-refractivity contribution in [2.45, 2.75) is 131 Å². The van der Waals surface area contributed by atoms with Gasteiger partial charge in [0.2, 0.25) is 0 Å². The first-order valence-electron chi connectivity index (χ1n) is 25.7. The summed E-state index contributed by atoms with van der Waals surface area (Å²) in [5, 5.41) is 0. The summed E-state index contributed by atoms with van der Waals surface area (Å²) in [5.74, 6) is -9.86. The molecule has 2 aromatic carbocycles. The van der Waals surface area contributed by atoms with Crippen LogP contribution in [0.3, 0.4) is 0 Å². The van der Waals surface area contributed by atoms with Gasteiger partial charge in [-0.25, -0.2) is 19.2 Å². The zero-order valence-corrected chi connectivity index (χ0v) is 44.7. The van der Waals surface area contributed by atoms with Crippen LogP contribution in [0.1, 0.15) is 139 Å². The van der Waals surface area contributed by atoms with Gasteiger partial charge in [0.15, 0.2) is 0 Å². The van der Waals surface area contributed by atoms with E-state index >= 15 is 0 Å². The first kappa shape index (κ1) is 62.9. The van der Waals surface area contributed by atoms with Crippen LogP contribution in [0.25, 0.3) is 0 Å². The Kier molecular flexibility index (Phi) is 26.6. The van der Waals surface area contributed by atoms with Crippen molar-refractivity contribution in [1.29, 1.82) is 0 Å². The van der Waals surface area contributed by atoms with E-state index in [1.165, 1.54) is 36.4 Å². The topological polar surface area (TPSA) is 263 Å². The molecule has 3 fully saturated rings. The Labute approximate surface area is 443 Å². The molecule has 0 radical (unpaired) electrons. The van der Waals surface area contributed by atoms with Gasteiger partial charge >= 0.3 is 59.7 Å². The third-order valence-corrected chi connectivity index (χ3v) is 12.6. The molecule has 76 heavy (non-hydrogen) atoms. The summed E-state index contributed by atoms with van der Waals surface area (Å²) in [7, 11) is 2.28. The maximum Gasteiger partial charge on any atom is 0.341 e. The van der Waals surface area contributed by atoms with Crippen LogP contribution in [0.2, 0.25) is 0 Å². The van der Waals surface area contributed by atoms with E-state index in [1.54, 1.807) is 13.8 Å². The molecular weight excluding hydrogens is 993 g/mol. The third kappa shape index (κ3) is 19.1. The number of esters is 10. The Morgan fingerprint density at radius 2 is 0.763 bits per heavy atom. The van der Waals surface area contributed by atoms with Crippen LogP contribution in [-0.4, -0.2) is 99.3 Å². The summed E-state index contributed by atoms with van der Waals surface area (Å²) in [6.07, 6.45) is 4.42. The monoisotopic (exact) mass is 1060 g/mol. The normalized spacial score (nSPS) is 20.4. The molecule has 0 saturated heterocycles. The predicted octanol–water partition coefficient (Wildman–Crippen LogP) is 8.38. The molecular formula is C56H72O20. The second-order valence-electron chi connectivity index (χ2n) is 17.8. The average molecular weight is 1070 g/mol. The van der Waals surface area contributed by atoms with Gasteiger partial charge in [0.1, 0.15) is 59.5 Å². The fraction of sp³-hybridized carbons (Fsp3) is 0.536. The number of hydrogen-bond acceptors (Lipinski definition) is 20. The van der Waals surface area contributed by atoms with E-state index in [1.807, 2.05) is 27.7 Å². The molecule has 5 rings (SSSR count). The minimum Gasteiger partial charge on any atom is -0.465 e. The van der Waals surface area contributed by atoms with Gasteiger partial charge in [0.05, 0.1) is 49.7 Å². The van der Waals surface area contributed by atoms with Crippen LogP contribution in [-0.2, 0) is 66.8 Å². The molecule has 0 heterocycles. The Balaban J connectivity index is 0.00000371. The van der Waals surface area contributed by atoms with Crippen molar-refractivity contribution in [1.82, 2.24) is 0 Å². The van der Waals surface area contributed by atoms with Gasteiger partial charge in [0.25, 0.3) is 0 Å². The van der Waals surface area contributed by atoms with Gasteiger partial charge in [-0.2, -0.15) is 0 Å². The van der Waals surface area contributed by atoms with Crippen molar-refractivity contribution in [2.24, 2.45) is 35.5 Å². The molecule has 3 saturated carbocycles. The molecule has 416 valence electrons. The highest BCUT2D eigenvalue weighted by Gasteiger charge is 2.36. The van der Waals surface area contributed by atoms with Gasteiger partial charge in [-0.3, -0.25) is 28.8 Å². The molecule has 0 aliphatic heterocycles. The van der Waals surface area contributed by atoms with E-state index in [0.717, 1.165) is 26.4 Å². The van der Waals surface area contributed by atoms with E-state index in [2.05, 4.69) is 13.2 Å². The molecule has 0 bridgehead atoms. The van der Waals surface area contributed by atoms with Gasteiger partial charge in [-0.05, 0) is 127 Å². The molecule has 2 aromatic rings. The number of carbonyl (C=O) groups is 10. The van der Waals surface area contributed by atoms with Crippen LogP contribution in [0.5, 0.6) is 23.0 Å². The summed E-state index contributed by atoms with van der Waals surface area (Å²) in [6.45, 7) is 17.6. The summed E-state index contributed by atoms with van der Waals surface area (Å²) in [6, 6.07) is 7.83. The minimum atomic E-state index is -0.849. The number of rotatable bonds is 20. The Morgan fingerprint density at radius 3 is 1.12 bits per heavy atom. The molecule has 3 aliphatic rings. The Hall–Kier alpha value is -7.38. The van der Waals surface area contributed by atoms with E-state index in [9.17, 15) is 47.9 Å². The number of ether oxygens (including phenoxy) is 10. The summed E-state index contributed by atoms with van der Waals surface area (Å²) in [5.41, 5.74) is -0.323. The summed E-state index contributed by atoms with van der Waals surface area (Å²) in [4.78, 5) is 127. The maximum absolute atomic E-state index is 13.3. The minimum absolute atomic E-state index is 0.00695. The number of carbonyl (C=O) groups excluding carboxylic acids is 10. The van der Waals surface area contributed by atoms with Crippen LogP contribution >= 0.6 is 0 Å². The standard InChI is InChI=1S/C52H60O20.2C2H6/c1-7-43(53)65-27-30(4)68-46(56)32-13-19-36(20-14-32)50(60)72-42-24-22-38(26-40(42)52(62)64-6)70-48(58)34-17-15-33(16-18-34)47(57)69-37-21-23-41(39(25-37)51(61)63-5)71-49(59)35-11-9-31(10-12-35)45(55)66-28-29(3)67-44(54)8-2;2*1-2/h7-8,21-26,29-36H,1-2,9-20,27-28H2,3-6H3;2*1-2H3. The molecule has 0 aromatic heterocycles. The second kappa shape index (κ2) is 32.1. The maximum atomic E-state index is 13.3. The van der Waals surface area contributed by atoms with Crippen molar-refractivity contribution in [3.63, 3.8) is 0 Å². The van der Waals surface area contributed by atoms with Crippen LogP contribution in [0.15, 0.2) is 61.7 Å². The summed E-state index contributed by atoms with van der Waals surface area (Å²) >= 11 is 0. The van der Waals surface area contributed by atoms with Crippen molar-refractivity contribution < 1.29 is 95.3 Å². The lowest BCUT2D eigenvalue weighted by Crippen LogP contribution is -2.32. The highest BCUT2D eigenvalue weighted by molar-refractivity contribution is 5.95. The lowest BCUT2D eigenvalue weighted by atomic mass is 9.82. The largest absolute Gasteiger partial charge is 0.465 e. The zero-order valence-electron chi connectivity index (χ0n) is 44.7. The van der Waals surface area contributed by atoms with Crippen LogP contribution < -0.4 is 18.9 Å². The Bertz CT molecular complexity index is 2360. The zero-order chi connectivity index (χ0) is 56.5. The molecule has 2 atom stereocenters. The highest BCUT2D eigenvalue weighted by atomic mass is 16.6. The SMILES string of the molecule is C=CC(=O)OCC(C)OC(=O)C1CCC(C(=O)Oc2ccc(OC(=O)C3CCC(C(=O)Oc4ccc(OC(=O)C5CCC(C(=O)OCC(C)OC(=O)C=C)CC5)c(C(=O)OC)c4)CC3)cc2C(=O)OC)CC1.CC.CC. The smallest absolute Gasteiger partial charge is 0.341 e. The highest BCUT2D eigenvalue weighted by Crippen LogP contribution is 2.36. The number of benzene rings is 2. The molecule has 0 amide bonds. The van der Waals surface area contributed by atoms with E-state index in [-0.39, 0.29) is 73.0 Å².